The number of benzene rings is 2. The van der Waals surface area contributed by atoms with Crippen LogP contribution in [0.4, 0.5) is 11.4 Å². The Bertz CT molecular complexity index is 1250. The van der Waals surface area contributed by atoms with Crippen LogP contribution in [0.1, 0.15) is 43.5 Å². The number of nitrogens with one attached hydrogen (secondary N) is 1. The summed E-state index contributed by atoms with van der Waals surface area (Å²) in [4.78, 5) is 44.4. The van der Waals surface area contributed by atoms with Crippen LogP contribution in [0.25, 0.3) is 0 Å². The van der Waals surface area contributed by atoms with Gasteiger partial charge in [-0.3, -0.25) is 14.5 Å². The molecule has 0 radical (unpaired) electrons. The second-order valence-electron chi connectivity index (χ2n) is 10.1. The first kappa shape index (κ1) is 29.8. The molecule has 2 saturated heterocycles. The lowest BCUT2D eigenvalue weighted by molar-refractivity contribution is -0.124. The standard InChI is InChI=1S/C29H35ClN4O5S/c1-4-39-28(37)20-5-7-21(8-6-20)31-26(35)18-24-27(36)34(22-9-10-25(38-3)23(30)17-22)29(40)33(24)16-15-32-13-11-19(2)12-14-32/h5-10,17,19,24H,4,11-16,18H2,1-3H3,(H,31,35)/t24-/m1/s1. The van der Waals surface area contributed by atoms with E-state index in [2.05, 4.69) is 17.1 Å². The zero-order valence-corrected chi connectivity index (χ0v) is 24.6. The molecule has 2 heterocycles. The number of anilines is 2. The molecule has 0 spiro atoms. The number of likely N-dealkylation sites (tertiary alicyclic amines) is 1. The molecule has 0 saturated carbocycles. The van der Waals surface area contributed by atoms with Gasteiger partial charge in [-0.25, -0.2) is 4.79 Å². The number of carbonyl (C=O) groups is 3. The molecule has 214 valence electrons. The minimum atomic E-state index is -0.768. The molecule has 0 bridgehead atoms. The van der Waals surface area contributed by atoms with Crippen LogP contribution in [-0.2, 0) is 14.3 Å². The molecule has 1 N–H and O–H groups in total. The van der Waals surface area contributed by atoms with E-state index in [-0.39, 0.29) is 24.8 Å². The summed E-state index contributed by atoms with van der Waals surface area (Å²) in [6, 6.07) is 10.7. The van der Waals surface area contributed by atoms with Crippen LogP contribution in [-0.4, -0.2) is 78.6 Å². The summed E-state index contributed by atoms with van der Waals surface area (Å²) in [6.07, 6.45) is 2.19. The summed E-state index contributed by atoms with van der Waals surface area (Å²) in [5.74, 6) is 0.151. The highest BCUT2D eigenvalue weighted by molar-refractivity contribution is 7.80. The Balaban J connectivity index is 1.50. The Morgan fingerprint density at radius 2 is 1.80 bits per heavy atom. The van der Waals surface area contributed by atoms with E-state index in [1.165, 1.54) is 12.0 Å². The topological polar surface area (TPSA) is 91.4 Å². The van der Waals surface area contributed by atoms with Crippen LogP contribution in [0.3, 0.4) is 0 Å². The van der Waals surface area contributed by atoms with Crippen molar-refractivity contribution in [2.75, 3.05) is 50.1 Å². The number of carbonyl (C=O) groups excluding carboxylic acids is 3. The number of esters is 1. The molecule has 2 aromatic carbocycles. The van der Waals surface area contributed by atoms with Gasteiger partial charge in [-0.15, -0.1) is 0 Å². The molecule has 2 aliphatic heterocycles. The number of rotatable bonds is 10. The first-order chi connectivity index (χ1) is 19.2. The molecule has 9 nitrogen and oxygen atoms in total. The molecule has 0 unspecified atom stereocenters. The molecular weight excluding hydrogens is 552 g/mol. The average molecular weight is 587 g/mol. The number of hydrogen-bond donors (Lipinski definition) is 1. The Hall–Kier alpha value is -3.21. The normalized spacial score (nSPS) is 18.2. The number of hydrogen-bond acceptors (Lipinski definition) is 7. The van der Waals surface area contributed by atoms with E-state index in [0.717, 1.165) is 32.5 Å². The van der Waals surface area contributed by atoms with Gasteiger partial charge in [-0.1, -0.05) is 18.5 Å². The molecular formula is C29H35ClN4O5S. The third kappa shape index (κ3) is 6.92. The summed E-state index contributed by atoms with van der Waals surface area (Å²) in [7, 11) is 1.52. The monoisotopic (exact) mass is 586 g/mol. The predicted octanol–water partition coefficient (Wildman–Crippen LogP) is 4.59. The van der Waals surface area contributed by atoms with E-state index >= 15 is 0 Å². The smallest absolute Gasteiger partial charge is 0.338 e. The van der Waals surface area contributed by atoms with Gasteiger partial charge in [0.25, 0.3) is 5.91 Å². The number of amides is 2. The fraction of sp³-hybridized carbons (Fsp3) is 0.448. The third-order valence-electron chi connectivity index (χ3n) is 7.30. The lowest BCUT2D eigenvalue weighted by Gasteiger charge is -2.32. The maximum atomic E-state index is 13.7. The molecule has 4 rings (SSSR count). The number of piperidine rings is 1. The van der Waals surface area contributed by atoms with Crippen LogP contribution >= 0.6 is 23.8 Å². The maximum absolute atomic E-state index is 13.7. The molecule has 2 aliphatic rings. The molecule has 2 aromatic rings. The van der Waals surface area contributed by atoms with Crippen LogP contribution in [0.5, 0.6) is 5.75 Å². The van der Waals surface area contributed by atoms with Gasteiger partial charge in [-0.2, -0.15) is 0 Å². The lowest BCUT2D eigenvalue weighted by Crippen LogP contribution is -2.44. The Morgan fingerprint density at radius 1 is 1.10 bits per heavy atom. The molecule has 0 aromatic heterocycles. The highest BCUT2D eigenvalue weighted by atomic mass is 35.5. The first-order valence-corrected chi connectivity index (χ1v) is 14.3. The minimum Gasteiger partial charge on any atom is -0.495 e. The summed E-state index contributed by atoms with van der Waals surface area (Å²) in [5.41, 5.74) is 1.43. The fourth-order valence-electron chi connectivity index (χ4n) is 4.95. The van der Waals surface area contributed by atoms with Gasteiger partial charge in [0, 0.05) is 18.8 Å². The summed E-state index contributed by atoms with van der Waals surface area (Å²) >= 11 is 12.1. The van der Waals surface area contributed by atoms with Crippen LogP contribution in [0.2, 0.25) is 5.02 Å². The SMILES string of the molecule is CCOC(=O)c1ccc(NC(=O)C[C@@H]2C(=O)N(c3ccc(OC)c(Cl)c3)C(=S)N2CCN2CCC(C)CC2)cc1. The molecule has 2 fully saturated rings. The number of ether oxygens (including phenoxy) is 2. The molecule has 0 aliphatic carbocycles. The van der Waals surface area contributed by atoms with Crippen molar-refractivity contribution in [1.82, 2.24) is 9.80 Å². The van der Waals surface area contributed by atoms with Crippen LogP contribution in [0, 0.1) is 5.92 Å². The molecule has 40 heavy (non-hydrogen) atoms. The van der Waals surface area contributed by atoms with Crippen LogP contribution < -0.4 is 15.0 Å². The summed E-state index contributed by atoms with van der Waals surface area (Å²) < 4.78 is 10.3. The Labute approximate surface area is 245 Å². The number of halogens is 1. The zero-order valence-electron chi connectivity index (χ0n) is 23.0. The van der Waals surface area contributed by atoms with E-state index in [9.17, 15) is 14.4 Å². The maximum Gasteiger partial charge on any atom is 0.338 e. The van der Waals surface area contributed by atoms with Crippen molar-refractivity contribution in [2.24, 2.45) is 5.92 Å². The van der Waals surface area contributed by atoms with Gasteiger partial charge >= 0.3 is 5.97 Å². The van der Waals surface area contributed by atoms with Crippen LogP contribution in [0.15, 0.2) is 42.5 Å². The molecule has 2 amide bonds. The van der Waals surface area contributed by atoms with Gasteiger partial charge in [0.15, 0.2) is 5.11 Å². The Kier molecular flexibility index (Phi) is 9.99. The van der Waals surface area contributed by atoms with Crippen molar-refractivity contribution in [3.05, 3.63) is 53.1 Å². The number of thiocarbonyl (C=S) groups is 1. The fourth-order valence-corrected chi connectivity index (χ4v) is 5.61. The second kappa shape index (κ2) is 13.4. The largest absolute Gasteiger partial charge is 0.495 e. The van der Waals surface area contributed by atoms with Crippen molar-refractivity contribution in [3.63, 3.8) is 0 Å². The average Bonchev–Trinajstić information content (AvgIpc) is 3.16. The van der Waals surface area contributed by atoms with E-state index < -0.39 is 12.0 Å². The van der Waals surface area contributed by atoms with Crippen molar-refractivity contribution in [2.45, 2.75) is 39.2 Å². The second-order valence-corrected chi connectivity index (χ2v) is 10.8. The minimum absolute atomic E-state index is 0.0873. The van der Waals surface area contributed by atoms with Gasteiger partial charge < -0.3 is 24.6 Å². The molecule has 1 atom stereocenters. The van der Waals surface area contributed by atoms with Crippen molar-refractivity contribution in [3.8, 4) is 5.75 Å². The quantitative estimate of drug-likeness (QED) is 0.319. The molecule has 11 heteroatoms. The lowest BCUT2D eigenvalue weighted by atomic mass is 9.99. The third-order valence-corrected chi connectivity index (χ3v) is 8.02. The summed E-state index contributed by atoms with van der Waals surface area (Å²) in [5, 5.41) is 3.53. The van der Waals surface area contributed by atoms with E-state index in [1.807, 2.05) is 4.90 Å². The van der Waals surface area contributed by atoms with Crippen molar-refractivity contribution < 1.29 is 23.9 Å². The van der Waals surface area contributed by atoms with Crippen molar-refractivity contribution in [1.29, 1.82) is 0 Å². The van der Waals surface area contributed by atoms with Gasteiger partial charge in [0.05, 0.1) is 36.4 Å². The van der Waals surface area contributed by atoms with Gasteiger partial charge in [0.2, 0.25) is 5.91 Å². The first-order valence-electron chi connectivity index (χ1n) is 13.5. The number of methoxy groups -OCH3 is 1. The van der Waals surface area contributed by atoms with E-state index in [0.29, 0.717) is 45.3 Å². The predicted molar refractivity (Wildman–Crippen MR) is 159 cm³/mol. The van der Waals surface area contributed by atoms with E-state index in [4.69, 9.17) is 33.3 Å². The highest BCUT2D eigenvalue weighted by Crippen LogP contribution is 2.33. The van der Waals surface area contributed by atoms with Crippen molar-refractivity contribution >= 4 is 58.1 Å². The van der Waals surface area contributed by atoms with Gasteiger partial charge in [-0.05, 0) is 93.5 Å². The number of nitrogens with zero attached hydrogens (tertiary/aromatic N) is 3. The highest BCUT2D eigenvalue weighted by Gasteiger charge is 2.44. The zero-order chi connectivity index (χ0) is 28.8. The van der Waals surface area contributed by atoms with Gasteiger partial charge in [0.1, 0.15) is 11.8 Å². The Morgan fingerprint density at radius 3 is 2.42 bits per heavy atom. The summed E-state index contributed by atoms with van der Waals surface area (Å²) in [6.45, 7) is 7.55. The van der Waals surface area contributed by atoms with E-state index in [1.54, 1.807) is 49.4 Å².